The number of halogens is 2. The van der Waals surface area contributed by atoms with E-state index >= 15 is 0 Å². The van der Waals surface area contributed by atoms with Gasteiger partial charge in [-0.05, 0) is 63.6 Å². The summed E-state index contributed by atoms with van der Waals surface area (Å²) in [5, 5.41) is 0.0210. The summed E-state index contributed by atoms with van der Waals surface area (Å²) in [4.78, 5) is 43.7. The van der Waals surface area contributed by atoms with Crippen LogP contribution in [0.4, 0.5) is 15.0 Å². The summed E-state index contributed by atoms with van der Waals surface area (Å²) in [5.74, 6) is -0.326. The molecule has 2 atom stereocenters. The summed E-state index contributed by atoms with van der Waals surface area (Å²) in [7, 11) is 0. The Bertz CT molecular complexity index is 1470. The molecule has 1 fully saturated rings. The Hall–Kier alpha value is -3.27. The summed E-state index contributed by atoms with van der Waals surface area (Å²) in [6.07, 6.45) is 3.07. The maximum Gasteiger partial charge on any atom is 0.410 e. The Labute approximate surface area is 239 Å². The van der Waals surface area contributed by atoms with Crippen molar-refractivity contribution in [3.8, 4) is 5.69 Å². The number of carbonyl (C=O) groups is 1. The van der Waals surface area contributed by atoms with Gasteiger partial charge in [0.25, 0.3) is 0 Å². The number of pyridine rings is 2. The lowest BCUT2D eigenvalue weighted by Gasteiger charge is -2.44. The van der Waals surface area contributed by atoms with Crippen LogP contribution in [0.3, 0.4) is 0 Å². The molecule has 3 aromatic rings. The van der Waals surface area contributed by atoms with Gasteiger partial charge < -0.3 is 14.5 Å². The van der Waals surface area contributed by atoms with E-state index in [1.165, 1.54) is 10.6 Å². The van der Waals surface area contributed by atoms with Crippen LogP contribution < -0.4 is 10.6 Å². The number of fused-ring (bicyclic) bond motifs is 1. The number of hydrogen-bond donors (Lipinski definition) is 0. The third-order valence-electron chi connectivity index (χ3n) is 7.09. The first-order valence-electron chi connectivity index (χ1n) is 13.6. The highest BCUT2D eigenvalue weighted by Gasteiger charge is 2.36. The summed E-state index contributed by atoms with van der Waals surface area (Å²) < 4.78 is 22.0. The number of piperazine rings is 1. The maximum absolute atomic E-state index is 14.9. The van der Waals surface area contributed by atoms with Crippen molar-refractivity contribution in [1.29, 1.82) is 0 Å². The van der Waals surface area contributed by atoms with Crippen molar-refractivity contribution in [1.82, 2.24) is 24.4 Å². The number of nitrogens with zero attached hydrogens (tertiary/aromatic N) is 6. The van der Waals surface area contributed by atoms with Gasteiger partial charge in [0.05, 0.1) is 11.1 Å². The Kier molecular flexibility index (Phi) is 8.13. The Balaban J connectivity index is 1.91. The predicted molar refractivity (Wildman–Crippen MR) is 155 cm³/mol. The zero-order valence-electron chi connectivity index (χ0n) is 24.6. The fraction of sp³-hybridized carbons (Fsp3) is 0.552. The van der Waals surface area contributed by atoms with Gasteiger partial charge in [0.15, 0.2) is 16.6 Å². The van der Waals surface area contributed by atoms with E-state index in [-0.39, 0.29) is 34.7 Å². The van der Waals surface area contributed by atoms with E-state index in [1.54, 1.807) is 17.3 Å². The van der Waals surface area contributed by atoms with Crippen LogP contribution in [0.15, 0.2) is 23.3 Å². The minimum Gasteiger partial charge on any atom is -0.444 e. The van der Waals surface area contributed by atoms with Crippen molar-refractivity contribution in [2.45, 2.75) is 91.8 Å². The van der Waals surface area contributed by atoms with Crippen LogP contribution in [-0.4, -0.2) is 61.3 Å². The fourth-order valence-electron chi connectivity index (χ4n) is 5.09. The Morgan fingerprint density at radius 2 is 1.65 bits per heavy atom. The number of aromatic nitrogens is 4. The normalized spacial score (nSPS) is 18.2. The van der Waals surface area contributed by atoms with Crippen molar-refractivity contribution in [2.24, 2.45) is 0 Å². The molecule has 0 aromatic carbocycles. The van der Waals surface area contributed by atoms with Crippen LogP contribution in [0.2, 0.25) is 5.15 Å². The van der Waals surface area contributed by atoms with E-state index in [0.29, 0.717) is 30.0 Å². The summed E-state index contributed by atoms with van der Waals surface area (Å²) in [6.45, 7) is 18.1. The molecule has 40 heavy (non-hydrogen) atoms. The lowest BCUT2D eigenvalue weighted by molar-refractivity contribution is 0.0130. The number of carbonyl (C=O) groups excluding carboxylic acids is 1. The molecule has 1 amide bonds. The van der Waals surface area contributed by atoms with E-state index in [1.807, 2.05) is 67.2 Å². The van der Waals surface area contributed by atoms with Crippen molar-refractivity contribution in [2.75, 3.05) is 18.0 Å². The van der Waals surface area contributed by atoms with Crippen LogP contribution in [-0.2, 0) is 4.74 Å². The van der Waals surface area contributed by atoms with Gasteiger partial charge in [0.2, 0.25) is 0 Å². The van der Waals surface area contributed by atoms with Gasteiger partial charge in [-0.2, -0.15) is 4.98 Å². The van der Waals surface area contributed by atoms with Crippen molar-refractivity contribution < 1.29 is 13.9 Å². The van der Waals surface area contributed by atoms with Gasteiger partial charge in [-0.25, -0.2) is 23.5 Å². The molecular formula is C29H38ClFN6O3. The second-order valence-electron chi connectivity index (χ2n) is 12.1. The highest BCUT2D eigenvalue weighted by atomic mass is 35.5. The Morgan fingerprint density at radius 3 is 2.20 bits per heavy atom. The lowest BCUT2D eigenvalue weighted by atomic mass is 9.95. The highest BCUT2D eigenvalue weighted by molar-refractivity contribution is 6.30. The van der Waals surface area contributed by atoms with Gasteiger partial charge >= 0.3 is 11.8 Å². The molecule has 3 aromatic heterocycles. The topological polar surface area (TPSA) is 93.5 Å². The zero-order valence-corrected chi connectivity index (χ0v) is 25.4. The second-order valence-corrected chi connectivity index (χ2v) is 12.5. The van der Waals surface area contributed by atoms with E-state index in [9.17, 15) is 14.0 Å². The van der Waals surface area contributed by atoms with Gasteiger partial charge in [-0.3, -0.25) is 4.98 Å². The molecule has 1 saturated heterocycles. The molecule has 0 unspecified atom stereocenters. The molecule has 0 spiro atoms. The number of hydrogen-bond acceptors (Lipinski definition) is 7. The van der Waals surface area contributed by atoms with E-state index in [4.69, 9.17) is 16.3 Å². The van der Waals surface area contributed by atoms with Crippen LogP contribution in [0.1, 0.15) is 85.3 Å². The third-order valence-corrected chi connectivity index (χ3v) is 7.35. The minimum atomic E-state index is -0.710. The van der Waals surface area contributed by atoms with Crippen molar-refractivity contribution in [3.63, 3.8) is 0 Å². The van der Waals surface area contributed by atoms with Crippen molar-refractivity contribution >= 4 is 34.5 Å². The van der Waals surface area contributed by atoms with E-state index in [0.717, 1.165) is 11.1 Å². The smallest absolute Gasteiger partial charge is 0.410 e. The van der Waals surface area contributed by atoms with Crippen molar-refractivity contribution in [3.05, 3.63) is 51.0 Å². The predicted octanol–water partition coefficient (Wildman–Crippen LogP) is 6.05. The average Bonchev–Trinajstić information content (AvgIpc) is 2.84. The molecule has 11 heteroatoms. The molecule has 0 N–H and O–H groups in total. The largest absolute Gasteiger partial charge is 0.444 e. The Morgan fingerprint density at radius 1 is 1.05 bits per heavy atom. The molecule has 1 aliphatic rings. The minimum absolute atomic E-state index is 0.0422. The number of amides is 1. The number of rotatable bonds is 4. The van der Waals surface area contributed by atoms with Gasteiger partial charge in [0.1, 0.15) is 11.4 Å². The van der Waals surface area contributed by atoms with Crippen LogP contribution in [0, 0.1) is 5.82 Å². The first kappa shape index (κ1) is 29.7. The van der Waals surface area contributed by atoms with Gasteiger partial charge in [-0.15, -0.1) is 0 Å². The van der Waals surface area contributed by atoms with Gasteiger partial charge in [0, 0.05) is 37.6 Å². The van der Waals surface area contributed by atoms with Crippen LogP contribution >= 0.6 is 11.6 Å². The molecule has 1 aliphatic heterocycles. The number of anilines is 1. The molecule has 4 heterocycles. The second kappa shape index (κ2) is 11.0. The zero-order chi connectivity index (χ0) is 29.7. The fourth-order valence-corrected chi connectivity index (χ4v) is 5.23. The monoisotopic (exact) mass is 572 g/mol. The first-order valence-corrected chi connectivity index (χ1v) is 14.0. The maximum atomic E-state index is 14.9. The third kappa shape index (κ3) is 5.64. The summed E-state index contributed by atoms with van der Waals surface area (Å²) in [6, 6.07) is 0.786. The quantitative estimate of drug-likeness (QED) is 0.351. The van der Waals surface area contributed by atoms with Crippen LogP contribution in [0.5, 0.6) is 0 Å². The molecule has 216 valence electrons. The van der Waals surface area contributed by atoms with E-state index in [2.05, 4.69) is 15.0 Å². The van der Waals surface area contributed by atoms with Gasteiger partial charge in [-0.1, -0.05) is 39.3 Å². The molecule has 0 radical (unpaired) electrons. The molecular weight excluding hydrogens is 535 g/mol. The molecule has 0 aliphatic carbocycles. The molecule has 4 rings (SSSR count). The number of ether oxygens (including phenoxy) is 1. The summed E-state index contributed by atoms with van der Waals surface area (Å²) >= 11 is 6.19. The standard InChI is InChI=1S/C29H38ClFN6O3/c1-15(2)20-11-32-12-21(16(3)4)23(20)37-26-19(10-22(31)24(30)33-26)25(34-27(37)38)35-13-18(6)36(14-17(35)5)28(39)40-29(7,8)9/h10-12,15-18H,13-14H2,1-9H3/t17-,18+/m0/s1. The van der Waals surface area contributed by atoms with Crippen LogP contribution in [0.25, 0.3) is 16.7 Å². The molecule has 9 nitrogen and oxygen atoms in total. The summed E-state index contributed by atoms with van der Waals surface area (Å²) in [5.41, 5.74) is 1.37. The molecule has 0 saturated carbocycles. The lowest BCUT2D eigenvalue weighted by Crippen LogP contribution is -2.59. The SMILES string of the molecule is CC(C)c1cncc(C(C)C)c1-n1c(=O)nc(N2C[C@@H](C)N(C(=O)OC(C)(C)C)C[C@@H]2C)c2cc(F)c(Cl)nc21. The first-order chi connectivity index (χ1) is 18.6. The highest BCUT2D eigenvalue weighted by Crippen LogP contribution is 2.35. The van der Waals surface area contributed by atoms with E-state index < -0.39 is 23.2 Å². The average molecular weight is 573 g/mol. The molecule has 0 bridgehead atoms.